The maximum Gasteiger partial charge on any atom is 0.234 e. The van der Waals surface area contributed by atoms with Crippen LogP contribution in [0.25, 0.3) is 11.9 Å². The minimum Gasteiger partial charge on any atom is -0.351 e. The zero-order valence-electron chi connectivity index (χ0n) is 7.27. The van der Waals surface area contributed by atoms with Gasteiger partial charge in [0.05, 0.1) is 6.20 Å². The van der Waals surface area contributed by atoms with Gasteiger partial charge in [-0.15, -0.1) is 0 Å². The van der Waals surface area contributed by atoms with E-state index in [1.165, 1.54) is 0 Å². The van der Waals surface area contributed by atoms with Crippen molar-refractivity contribution in [2.75, 3.05) is 0 Å². The van der Waals surface area contributed by atoms with Crippen LogP contribution in [0.1, 0.15) is 5.69 Å². The van der Waals surface area contributed by atoms with Gasteiger partial charge in [0, 0.05) is 12.1 Å². The number of hydrogen-bond donors (Lipinski definition) is 1. The third-order valence-corrected chi connectivity index (χ3v) is 1.92. The van der Waals surface area contributed by atoms with Gasteiger partial charge in [0.1, 0.15) is 5.70 Å². The van der Waals surface area contributed by atoms with Crippen LogP contribution in [-0.4, -0.2) is 0 Å². The fraction of sp³-hybridized carbons (Fsp3) is 0. The molecule has 2 rings (SSSR count). The molecule has 0 unspecified atom stereocenters. The smallest absolute Gasteiger partial charge is 0.234 e. The molecule has 0 fully saturated rings. The Balaban J connectivity index is 2.55. The first-order valence-corrected chi connectivity index (χ1v) is 4.18. The Bertz CT molecular complexity index is 389. The summed E-state index contributed by atoms with van der Waals surface area (Å²) in [6.45, 7) is 3.68. The Kier molecular flexibility index (Phi) is 1.96. The number of hydrogen-bond acceptors (Lipinski definition) is 1. The molecular formula is C11H11N2+. The minimum atomic E-state index is 1.07. The van der Waals surface area contributed by atoms with E-state index in [0.717, 1.165) is 11.4 Å². The van der Waals surface area contributed by atoms with Gasteiger partial charge in [0.25, 0.3) is 0 Å². The van der Waals surface area contributed by atoms with Crippen LogP contribution in [0, 0.1) is 0 Å². The lowest BCUT2D eigenvalue weighted by molar-refractivity contribution is -0.572. The molecule has 2 nitrogen and oxygen atoms in total. The van der Waals surface area contributed by atoms with Gasteiger partial charge in [0.15, 0.2) is 12.4 Å². The number of pyridine rings is 1. The largest absolute Gasteiger partial charge is 0.351 e. The molecule has 0 bridgehead atoms. The van der Waals surface area contributed by atoms with Gasteiger partial charge in [0.2, 0.25) is 5.69 Å². The van der Waals surface area contributed by atoms with Crippen LogP contribution in [0.15, 0.2) is 49.3 Å². The van der Waals surface area contributed by atoms with Gasteiger partial charge >= 0.3 is 0 Å². The van der Waals surface area contributed by atoms with Gasteiger partial charge in [-0.1, -0.05) is 12.7 Å². The summed E-state index contributed by atoms with van der Waals surface area (Å²) in [5.41, 5.74) is 2.21. The number of nitrogens with zero attached hydrogens (tertiary/aromatic N) is 1. The maximum atomic E-state index is 3.68. The van der Waals surface area contributed by atoms with Crippen molar-refractivity contribution in [1.29, 1.82) is 0 Å². The standard InChI is InChI=1S/C11H11N2/c1-2-5-10-11-6-3-4-8-13(11)9-7-12-10/h2-9,12H,1H2/q+1/b10-5-. The molecule has 1 aromatic heterocycles. The molecule has 64 valence electrons. The van der Waals surface area contributed by atoms with Crippen LogP contribution in [-0.2, 0) is 0 Å². The summed E-state index contributed by atoms with van der Waals surface area (Å²) in [5.74, 6) is 0. The predicted octanol–water partition coefficient (Wildman–Crippen LogP) is 1.53. The molecule has 1 aromatic rings. The Labute approximate surface area is 77.5 Å². The van der Waals surface area contributed by atoms with E-state index in [9.17, 15) is 0 Å². The molecule has 0 aromatic carbocycles. The molecular weight excluding hydrogens is 160 g/mol. The van der Waals surface area contributed by atoms with E-state index in [0.29, 0.717) is 0 Å². The molecule has 1 N–H and O–H groups in total. The van der Waals surface area contributed by atoms with Crippen LogP contribution in [0.2, 0.25) is 0 Å². The van der Waals surface area contributed by atoms with Crippen LogP contribution in [0.4, 0.5) is 0 Å². The molecule has 2 heterocycles. The van der Waals surface area contributed by atoms with Gasteiger partial charge in [-0.05, 0) is 12.1 Å². The highest BCUT2D eigenvalue weighted by molar-refractivity contribution is 5.63. The molecule has 13 heavy (non-hydrogen) atoms. The number of allylic oxidation sites excluding steroid dienone is 2. The predicted molar refractivity (Wildman–Crippen MR) is 53.3 cm³/mol. The quantitative estimate of drug-likeness (QED) is 0.634. The summed E-state index contributed by atoms with van der Waals surface area (Å²) in [6.07, 6.45) is 9.63. The van der Waals surface area contributed by atoms with E-state index in [-0.39, 0.29) is 0 Å². The Hall–Kier alpha value is -1.83. The van der Waals surface area contributed by atoms with Crippen molar-refractivity contribution in [1.82, 2.24) is 5.32 Å². The van der Waals surface area contributed by atoms with Crippen LogP contribution in [0.3, 0.4) is 0 Å². The average Bonchev–Trinajstić information content (AvgIpc) is 2.19. The first-order valence-electron chi connectivity index (χ1n) is 4.18. The van der Waals surface area contributed by atoms with Crippen LogP contribution < -0.4 is 9.88 Å². The number of nitrogens with one attached hydrogen (secondary N) is 1. The van der Waals surface area contributed by atoms with E-state index < -0.39 is 0 Å². The van der Waals surface area contributed by atoms with Crippen molar-refractivity contribution in [2.45, 2.75) is 0 Å². The maximum absolute atomic E-state index is 3.68. The zero-order valence-corrected chi connectivity index (χ0v) is 7.27. The van der Waals surface area contributed by atoms with Crippen LogP contribution >= 0.6 is 0 Å². The average molecular weight is 171 g/mol. The summed E-state index contributed by atoms with van der Waals surface area (Å²) < 4.78 is 2.06. The molecule has 0 amide bonds. The van der Waals surface area contributed by atoms with Crippen molar-refractivity contribution in [2.24, 2.45) is 0 Å². The summed E-state index contributed by atoms with van der Waals surface area (Å²) in [4.78, 5) is 0. The summed E-state index contributed by atoms with van der Waals surface area (Å²) in [5, 5.41) is 3.16. The molecule has 1 aliphatic rings. The van der Waals surface area contributed by atoms with Crippen molar-refractivity contribution >= 4 is 11.9 Å². The molecule has 0 radical (unpaired) electrons. The zero-order chi connectivity index (χ0) is 9.10. The number of aromatic nitrogens is 1. The summed E-state index contributed by atoms with van der Waals surface area (Å²) in [7, 11) is 0. The molecule has 1 aliphatic heterocycles. The van der Waals surface area contributed by atoms with Crippen LogP contribution in [0.5, 0.6) is 0 Å². The third kappa shape index (κ3) is 1.38. The molecule has 0 aliphatic carbocycles. The lowest BCUT2D eigenvalue weighted by Crippen LogP contribution is -2.36. The third-order valence-electron chi connectivity index (χ3n) is 1.92. The van der Waals surface area contributed by atoms with Crippen molar-refractivity contribution in [3.05, 3.63) is 55.0 Å². The first-order chi connectivity index (χ1) is 6.42. The molecule has 2 heteroatoms. The van der Waals surface area contributed by atoms with Gasteiger partial charge in [-0.25, -0.2) is 0 Å². The van der Waals surface area contributed by atoms with Gasteiger partial charge in [-0.3, -0.25) is 0 Å². The second-order valence-corrected chi connectivity index (χ2v) is 2.77. The van der Waals surface area contributed by atoms with Crippen molar-refractivity contribution in [3.63, 3.8) is 0 Å². The number of rotatable bonds is 1. The van der Waals surface area contributed by atoms with E-state index in [1.54, 1.807) is 6.08 Å². The monoisotopic (exact) mass is 171 g/mol. The Morgan fingerprint density at radius 2 is 2.31 bits per heavy atom. The first kappa shape index (κ1) is 7.80. The number of fused-ring (bicyclic) bond motifs is 1. The lowest BCUT2D eigenvalue weighted by atomic mass is 10.2. The van der Waals surface area contributed by atoms with Crippen molar-refractivity contribution in [3.8, 4) is 0 Å². The van der Waals surface area contributed by atoms with Gasteiger partial charge < -0.3 is 5.32 Å². The SMILES string of the molecule is C=C/C=C1\NC=C[n+]2ccccc21. The minimum absolute atomic E-state index is 1.07. The summed E-state index contributed by atoms with van der Waals surface area (Å²) in [6, 6.07) is 6.08. The van der Waals surface area contributed by atoms with E-state index >= 15 is 0 Å². The fourth-order valence-electron chi connectivity index (χ4n) is 1.35. The van der Waals surface area contributed by atoms with E-state index in [2.05, 4.69) is 22.5 Å². The topological polar surface area (TPSA) is 15.9 Å². The highest BCUT2D eigenvalue weighted by Crippen LogP contribution is 2.09. The van der Waals surface area contributed by atoms with Gasteiger partial charge in [-0.2, -0.15) is 4.57 Å². The van der Waals surface area contributed by atoms with E-state index in [1.807, 2.05) is 36.8 Å². The fourth-order valence-corrected chi connectivity index (χ4v) is 1.35. The molecule has 0 spiro atoms. The second-order valence-electron chi connectivity index (χ2n) is 2.77. The highest BCUT2D eigenvalue weighted by atomic mass is 15.0. The second kappa shape index (κ2) is 3.27. The summed E-state index contributed by atoms with van der Waals surface area (Å²) >= 11 is 0. The Morgan fingerprint density at radius 1 is 1.38 bits per heavy atom. The molecule has 0 saturated carbocycles. The highest BCUT2D eigenvalue weighted by Gasteiger charge is 2.14. The lowest BCUT2D eigenvalue weighted by Gasteiger charge is -2.08. The molecule has 0 atom stereocenters. The van der Waals surface area contributed by atoms with Crippen molar-refractivity contribution < 1.29 is 4.57 Å². The molecule has 0 saturated heterocycles. The Morgan fingerprint density at radius 3 is 3.15 bits per heavy atom. The normalized spacial score (nSPS) is 16.5. The van der Waals surface area contributed by atoms with E-state index in [4.69, 9.17) is 0 Å².